The average Bonchev–Trinajstić information content (AvgIpc) is 2.58. The predicted molar refractivity (Wildman–Crippen MR) is 88.6 cm³/mol. The second-order valence-electron chi connectivity index (χ2n) is 5.17. The fourth-order valence-electron chi connectivity index (χ4n) is 2.36. The van der Waals surface area contributed by atoms with Gasteiger partial charge in [-0.15, -0.1) is 0 Å². The van der Waals surface area contributed by atoms with Crippen molar-refractivity contribution in [3.8, 4) is 11.5 Å². The highest BCUT2D eigenvalue weighted by atomic mass is 16.5. The first-order valence-corrected chi connectivity index (χ1v) is 7.66. The van der Waals surface area contributed by atoms with Crippen LogP contribution in [0.2, 0.25) is 0 Å². The molecule has 0 aromatic heterocycles. The molecule has 22 heavy (non-hydrogen) atoms. The molecule has 118 valence electrons. The summed E-state index contributed by atoms with van der Waals surface area (Å²) in [6, 6.07) is 16.2. The van der Waals surface area contributed by atoms with Crippen molar-refractivity contribution in [2.45, 2.75) is 25.9 Å². The van der Waals surface area contributed by atoms with Crippen LogP contribution < -0.4 is 9.47 Å². The van der Waals surface area contributed by atoms with Crippen molar-refractivity contribution in [2.24, 2.45) is 0 Å². The number of benzene rings is 2. The first-order chi connectivity index (χ1) is 10.8. The van der Waals surface area contributed by atoms with Gasteiger partial charge in [-0.05, 0) is 48.6 Å². The van der Waals surface area contributed by atoms with Crippen molar-refractivity contribution in [1.29, 1.82) is 0 Å². The van der Waals surface area contributed by atoms with Crippen LogP contribution in [-0.2, 0) is 17.8 Å². The molecule has 2 aromatic rings. The van der Waals surface area contributed by atoms with Crippen LogP contribution in [0.3, 0.4) is 0 Å². The molecule has 0 radical (unpaired) electrons. The molecule has 0 atom stereocenters. The number of hydrogen-bond donors (Lipinski definition) is 0. The van der Waals surface area contributed by atoms with Crippen molar-refractivity contribution in [3.05, 3.63) is 59.7 Å². The standard InChI is InChI=1S/C19H24O3/c1-20-18-11-12-19(21-2)17(14-18)10-6-7-13-22-15-16-8-4-3-5-9-16/h3-5,8-9,11-12,14H,6-7,10,13,15H2,1-2H3. The van der Waals surface area contributed by atoms with Gasteiger partial charge in [-0.1, -0.05) is 30.3 Å². The van der Waals surface area contributed by atoms with Crippen LogP contribution in [0.5, 0.6) is 11.5 Å². The third kappa shape index (κ3) is 5.08. The average molecular weight is 300 g/mol. The summed E-state index contributed by atoms with van der Waals surface area (Å²) in [6.45, 7) is 1.46. The number of hydrogen-bond acceptors (Lipinski definition) is 3. The smallest absolute Gasteiger partial charge is 0.122 e. The molecule has 2 rings (SSSR count). The number of methoxy groups -OCH3 is 2. The number of unbranched alkanes of at least 4 members (excludes halogenated alkanes) is 1. The van der Waals surface area contributed by atoms with Gasteiger partial charge in [-0.25, -0.2) is 0 Å². The summed E-state index contributed by atoms with van der Waals surface area (Å²) in [5, 5.41) is 0. The van der Waals surface area contributed by atoms with Crippen molar-refractivity contribution in [3.63, 3.8) is 0 Å². The number of ether oxygens (including phenoxy) is 3. The third-order valence-electron chi connectivity index (χ3n) is 3.58. The molecule has 0 bridgehead atoms. The lowest BCUT2D eigenvalue weighted by Crippen LogP contribution is -1.98. The minimum atomic E-state index is 0.684. The molecule has 0 saturated heterocycles. The summed E-state index contributed by atoms with van der Waals surface area (Å²) in [5.41, 5.74) is 2.40. The van der Waals surface area contributed by atoms with Crippen molar-refractivity contribution < 1.29 is 14.2 Å². The Kier molecular flexibility index (Phi) is 6.78. The second-order valence-corrected chi connectivity index (χ2v) is 5.17. The van der Waals surface area contributed by atoms with Crippen LogP contribution in [0.25, 0.3) is 0 Å². The molecule has 2 aromatic carbocycles. The van der Waals surface area contributed by atoms with Crippen molar-refractivity contribution in [2.75, 3.05) is 20.8 Å². The summed E-state index contributed by atoms with van der Waals surface area (Å²) in [7, 11) is 3.39. The predicted octanol–water partition coefficient (Wildman–Crippen LogP) is 4.24. The molecule has 0 unspecified atom stereocenters. The topological polar surface area (TPSA) is 27.7 Å². The zero-order chi connectivity index (χ0) is 15.6. The minimum absolute atomic E-state index is 0.684. The van der Waals surface area contributed by atoms with E-state index in [1.54, 1.807) is 14.2 Å². The minimum Gasteiger partial charge on any atom is -0.497 e. The van der Waals surface area contributed by atoms with E-state index in [0.717, 1.165) is 37.4 Å². The molecule has 0 fully saturated rings. The van der Waals surface area contributed by atoms with Gasteiger partial charge in [0.05, 0.1) is 20.8 Å². The van der Waals surface area contributed by atoms with E-state index in [2.05, 4.69) is 12.1 Å². The molecule has 0 N–H and O–H groups in total. The molecule has 0 aliphatic rings. The monoisotopic (exact) mass is 300 g/mol. The highest BCUT2D eigenvalue weighted by Gasteiger charge is 2.04. The van der Waals surface area contributed by atoms with Gasteiger partial charge in [-0.2, -0.15) is 0 Å². The second kappa shape index (κ2) is 9.11. The van der Waals surface area contributed by atoms with Crippen LogP contribution in [0.4, 0.5) is 0 Å². The van der Waals surface area contributed by atoms with E-state index in [1.807, 2.05) is 36.4 Å². The van der Waals surface area contributed by atoms with Crippen LogP contribution in [0.1, 0.15) is 24.0 Å². The SMILES string of the molecule is COc1ccc(OC)c(CCCCOCc2ccccc2)c1. The highest BCUT2D eigenvalue weighted by molar-refractivity contribution is 5.40. The summed E-state index contributed by atoms with van der Waals surface area (Å²) in [4.78, 5) is 0. The zero-order valence-corrected chi connectivity index (χ0v) is 13.4. The fraction of sp³-hybridized carbons (Fsp3) is 0.368. The zero-order valence-electron chi connectivity index (χ0n) is 13.4. The molecule has 0 saturated carbocycles. The molecule has 0 heterocycles. The van der Waals surface area contributed by atoms with Gasteiger partial charge in [0.15, 0.2) is 0 Å². The van der Waals surface area contributed by atoms with E-state index >= 15 is 0 Å². The summed E-state index contributed by atoms with van der Waals surface area (Å²) < 4.78 is 16.4. The molecule has 0 aliphatic heterocycles. The normalized spacial score (nSPS) is 10.5. The molecule has 3 heteroatoms. The molecule has 3 nitrogen and oxygen atoms in total. The lowest BCUT2D eigenvalue weighted by atomic mass is 10.1. The van der Waals surface area contributed by atoms with E-state index in [4.69, 9.17) is 14.2 Å². The molecule has 0 spiro atoms. The Hall–Kier alpha value is -2.00. The summed E-state index contributed by atoms with van der Waals surface area (Å²) in [5.74, 6) is 1.79. The van der Waals surface area contributed by atoms with Gasteiger partial charge in [-0.3, -0.25) is 0 Å². The summed E-state index contributed by atoms with van der Waals surface area (Å²) >= 11 is 0. The van der Waals surface area contributed by atoms with Crippen LogP contribution in [0.15, 0.2) is 48.5 Å². The summed E-state index contributed by atoms with van der Waals surface area (Å²) in [6.07, 6.45) is 3.07. The Morgan fingerprint density at radius 2 is 1.68 bits per heavy atom. The van der Waals surface area contributed by atoms with Gasteiger partial charge in [0.2, 0.25) is 0 Å². The van der Waals surface area contributed by atoms with Gasteiger partial charge >= 0.3 is 0 Å². The first-order valence-electron chi connectivity index (χ1n) is 7.66. The largest absolute Gasteiger partial charge is 0.497 e. The Morgan fingerprint density at radius 1 is 0.864 bits per heavy atom. The Morgan fingerprint density at radius 3 is 2.41 bits per heavy atom. The quantitative estimate of drug-likeness (QED) is 0.648. The van der Waals surface area contributed by atoms with E-state index in [-0.39, 0.29) is 0 Å². The highest BCUT2D eigenvalue weighted by Crippen LogP contribution is 2.25. The van der Waals surface area contributed by atoms with Gasteiger partial charge in [0.25, 0.3) is 0 Å². The van der Waals surface area contributed by atoms with Gasteiger partial charge in [0, 0.05) is 6.61 Å². The Bertz CT molecular complexity index is 552. The fourth-order valence-corrected chi connectivity index (χ4v) is 2.36. The Balaban J connectivity index is 1.70. The number of rotatable bonds is 9. The first kappa shape index (κ1) is 16.4. The maximum Gasteiger partial charge on any atom is 0.122 e. The maximum absolute atomic E-state index is 5.70. The van der Waals surface area contributed by atoms with Crippen molar-refractivity contribution in [1.82, 2.24) is 0 Å². The van der Waals surface area contributed by atoms with E-state index in [9.17, 15) is 0 Å². The third-order valence-corrected chi connectivity index (χ3v) is 3.58. The van der Waals surface area contributed by atoms with E-state index in [0.29, 0.717) is 6.61 Å². The van der Waals surface area contributed by atoms with E-state index in [1.165, 1.54) is 11.1 Å². The molecule has 0 amide bonds. The van der Waals surface area contributed by atoms with Crippen LogP contribution in [0, 0.1) is 0 Å². The van der Waals surface area contributed by atoms with E-state index < -0.39 is 0 Å². The molecular weight excluding hydrogens is 276 g/mol. The van der Waals surface area contributed by atoms with Crippen LogP contribution >= 0.6 is 0 Å². The van der Waals surface area contributed by atoms with Crippen LogP contribution in [-0.4, -0.2) is 20.8 Å². The number of aryl methyl sites for hydroxylation is 1. The van der Waals surface area contributed by atoms with Gasteiger partial charge < -0.3 is 14.2 Å². The lowest BCUT2D eigenvalue weighted by molar-refractivity contribution is 0.117. The maximum atomic E-state index is 5.70. The van der Waals surface area contributed by atoms with Gasteiger partial charge in [0.1, 0.15) is 11.5 Å². The Labute approximate surface area is 132 Å². The molecular formula is C19H24O3. The van der Waals surface area contributed by atoms with Crippen molar-refractivity contribution >= 4 is 0 Å². The molecule has 0 aliphatic carbocycles. The lowest BCUT2D eigenvalue weighted by Gasteiger charge is -2.10.